The number of hydrogen-bond acceptors (Lipinski definition) is 5. The number of rotatable bonds is 5. The van der Waals surface area contributed by atoms with E-state index in [9.17, 15) is 9.90 Å². The molecule has 5 rings (SSSR count). The van der Waals surface area contributed by atoms with Gasteiger partial charge in [-0.05, 0) is 105 Å². The van der Waals surface area contributed by atoms with Crippen LogP contribution in [0.1, 0.15) is 77.7 Å². The van der Waals surface area contributed by atoms with Gasteiger partial charge in [0.2, 0.25) is 0 Å². The van der Waals surface area contributed by atoms with Crippen molar-refractivity contribution in [1.29, 1.82) is 0 Å². The van der Waals surface area contributed by atoms with Crippen LogP contribution in [0.5, 0.6) is 0 Å². The number of carbonyl (C=O) groups excluding carboxylic acids is 1. The van der Waals surface area contributed by atoms with E-state index >= 15 is 0 Å². The third kappa shape index (κ3) is 3.98. The number of hydrogen-bond donors (Lipinski definition) is 2. The standard InChI is InChI=1S/C28H39N3O3/c1-26-11-8-21(31-34-18-25(32)30-17-19-5-4-14-29-16-19)15-20(26)6-7-22-23(26)9-12-27(2)24(22)10-13-28(27,3)33/h4-5,14-16,22-24,33H,6-13,17-18H2,1-3H3,(H,30,32)/t22-,23-,24-,26-,27+,28-/m0/s1. The van der Waals surface area contributed by atoms with Gasteiger partial charge in [0.25, 0.3) is 5.91 Å². The molecule has 1 aromatic rings. The minimum Gasteiger partial charge on any atom is -0.390 e. The summed E-state index contributed by atoms with van der Waals surface area (Å²) < 4.78 is 0. The van der Waals surface area contributed by atoms with Gasteiger partial charge in [0.15, 0.2) is 6.61 Å². The number of amides is 1. The maximum Gasteiger partial charge on any atom is 0.261 e. The summed E-state index contributed by atoms with van der Waals surface area (Å²) in [5, 5.41) is 18.3. The average molecular weight is 466 g/mol. The zero-order valence-electron chi connectivity index (χ0n) is 20.8. The van der Waals surface area contributed by atoms with Crippen molar-refractivity contribution in [2.45, 2.75) is 84.3 Å². The molecule has 0 saturated heterocycles. The molecule has 184 valence electrons. The van der Waals surface area contributed by atoms with Crippen LogP contribution in [0.15, 0.2) is 41.3 Å². The second-order valence-electron chi connectivity index (χ2n) is 11.8. The highest BCUT2D eigenvalue weighted by molar-refractivity contribution is 5.96. The number of allylic oxidation sites excluding steroid dienone is 2. The highest BCUT2D eigenvalue weighted by Crippen LogP contribution is 2.67. The van der Waals surface area contributed by atoms with E-state index in [1.54, 1.807) is 12.4 Å². The fourth-order valence-electron chi connectivity index (χ4n) is 7.81. The zero-order valence-corrected chi connectivity index (χ0v) is 20.8. The highest BCUT2D eigenvalue weighted by atomic mass is 16.6. The van der Waals surface area contributed by atoms with Gasteiger partial charge in [-0.15, -0.1) is 0 Å². The number of pyridine rings is 1. The molecule has 6 atom stereocenters. The maximum atomic E-state index is 12.1. The smallest absolute Gasteiger partial charge is 0.261 e. The molecule has 0 unspecified atom stereocenters. The van der Waals surface area contributed by atoms with E-state index in [-0.39, 0.29) is 23.3 Å². The van der Waals surface area contributed by atoms with Crippen molar-refractivity contribution in [3.8, 4) is 0 Å². The zero-order chi connectivity index (χ0) is 24.0. The Morgan fingerprint density at radius 1 is 1.18 bits per heavy atom. The lowest BCUT2D eigenvalue weighted by Crippen LogP contribution is -2.53. The summed E-state index contributed by atoms with van der Waals surface area (Å²) >= 11 is 0. The van der Waals surface area contributed by atoms with Crippen molar-refractivity contribution in [3.63, 3.8) is 0 Å². The van der Waals surface area contributed by atoms with E-state index in [4.69, 9.17) is 4.84 Å². The summed E-state index contributed by atoms with van der Waals surface area (Å²) in [5.74, 6) is 1.87. The molecule has 0 aromatic carbocycles. The van der Waals surface area contributed by atoms with E-state index in [2.05, 4.69) is 42.3 Å². The van der Waals surface area contributed by atoms with E-state index in [1.165, 1.54) is 24.8 Å². The monoisotopic (exact) mass is 465 g/mol. The van der Waals surface area contributed by atoms with Gasteiger partial charge in [0.05, 0.1) is 11.3 Å². The fraction of sp³-hybridized carbons (Fsp3) is 0.679. The molecule has 0 radical (unpaired) electrons. The molecule has 2 N–H and O–H groups in total. The number of aliphatic hydroxyl groups is 1. The molecule has 6 heteroatoms. The Morgan fingerprint density at radius 3 is 2.79 bits per heavy atom. The number of nitrogens with one attached hydrogen (secondary N) is 1. The lowest BCUT2D eigenvalue weighted by molar-refractivity contribution is -0.125. The fourth-order valence-corrected chi connectivity index (χ4v) is 7.81. The Bertz CT molecular complexity index is 988. The van der Waals surface area contributed by atoms with Gasteiger partial charge in [0.1, 0.15) is 0 Å². The van der Waals surface area contributed by atoms with Crippen LogP contribution >= 0.6 is 0 Å². The quantitative estimate of drug-likeness (QED) is 0.613. The molecular formula is C28H39N3O3. The molecule has 1 amide bonds. The molecule has 4 aliphatic carbocycles. The normalized spacial score (nSPS) is 40.1. The molecule has 3 saturated carbocycles. The van der Waals surface area contributed by atoms with Crippen LogP contribution in [-0.2, 0) is 16.2 Å². The molecule has 0 aliphatic heterocycles. The molecule has 0 spiro atoms. The molecule has 6 nitrogen and oxygen atoms in total. The minimum atomic E-state index is -0.520. The molecule has 34 heavy (non-hydrogen) atoms. The van der Waals surface area contributed by atoms with Crippen LogP contribution < -0.4 is 5.32 Å². The van der Waals surface area contributed by atoms with Crippen LogP contribution in [0.3, 0.4) is 0 Å². The Kier molecular flexibility index (Phi) is 6.07. The van der Waals surface area contributed by atoms with Gasteiger partial charge in [-0.25, -0.2) is 0 Å². The Balaban J connectivity index is 1.20. The van der Waals surface area contributed by atoms with Crippen LogP contribution in [0.25, 0.3) is 0 Å². The topological polar surface area (TPSA) is 83.8 Å². The van der Waals surface area contributed by atoms with E-state index in [1.807, 2.05) is 12.1 Å². The second-order valence-corrected chi connectivity index (χ2v) is 11.8. The summed E-state index contributed by atoms with van der Waals surface area (Å²) in [6.45, 7) is 7.26. The van der Waals surface area contributed by atoms with Crippen molar-refractivity contribution >= 4 is 11.6 Å². The highest BCUT2D eigenvalue weighted by Gasteiger charge is 2.62. The van der Waals surface area contributed by atoms with Crippen molar-refractivity contribution in [1.82, 2.24) is 10.3 Å². The van der Waals surface area contributed by atoms with Crippen LogP contribution in [0, 0.1) is 28.6 Å². The van der Waals surface area contributed by atoms with Crippen LogP contribution in [-0.4, -0.2) is 33.9 Å². The third-order valence-corrected chi connectivity index (χ3v) is 10.1. The minimum absolute atomic E-state index is 0.0679. The van der Waals surface area contributed by atoms with Gasteiger partial charge in [0, 0.05) is 18.9 Å². The Labute approximate surface area is 203 Å². The first-order valence-electron chi connectivity index (χ1n) is 13.0. The van der Waals surface area contributed by atoms with E-state index in [0.29, 0.717) is 24.3 Å². The van der Waals surface area contributed by atoms with Crippen molar-refractivity contribution < 1.29 is 14.7 Å². The molecule has 3 fully saturated rings. The summed E-state index contributed by atoms with van der Waals surface area (Å²) in [6, 6.07) is 3.78. The first-order valence-corrected chi connectivity index (χ1v) is 13.0. The molecule has 1 aromatic heterocycles. The van der Waals surface area contributed by atoms with Crippen LogP contribution in [0.4, 0.5) is 0 Å². The predicted octanol–water partition coefficient (Wildman–Crippen LogP) is 4.78. The first kappa shape index (κ1) is 23.5. The maximum absolute atomic E-state index is 12.1. The Hall–Kier alpha value is -2.21. The second kappa shape index (κ2) is 8.78. The Morgan fingerprint density at radius 2 is 2.00 bits per heavy atom. The van der Waals surface area contributed by atoms with Gasteiger partial charge in [-0.3, -0.25) is 9.78 Å². The van der Waals surface area contributed by atoms with Crippen molar-refractivity contribution in [2.75, 3.05) is 6.61 Å². The van der Waals surface area contributed by atoms with Crippen molar-refractivity contribution in [2.24, 2.45) is 33.7 Å². The number of nitrogens with zero attached hydrogens (tertiary/aromatic N) is 2. The van der Waals surface area contributed by atoms with Gasteiger partial charge in [-0.1, -0.05) is 30.6 Å². The number of aromatic nitrogens is 1. The van der Waals surface area contributed by atoms with Gasteiger partial charge < -0.3 is 15.3 Å². The van der Waals surface area contributed by atoms with E-state index < -0.39 is 5.60 Å². The first-order chi connectivity index (χ1) is 16.2. The number of carbonyl (C=O) groups is 1. The largest absolute Gasteiger partial charge is 0.390 e. The van der Waals surface area contributed by atoms with E-state index in [0.717, 1.165) is 43.4 Å². The number of fused-ring (bicyclic) bond motifs is 5. The third-order valence-electron chi connectivity index (χ3n) is 10.1. The van der Waals surface area contributed by atoms with Gasteiger partial charge in [-0.2, -0.15) is 0 Å². The number of oxime groups is 1. The summed E-state index contributed by atoms with van der Waals surface area (Å²) in [4.78, 5) is 21.6. The van der Waals surface area contributed by atoms with Crippen molar-refractivity contribution in [3.05, 3.63) is 41.7 Å². The predicted molar refractivity (Wildman–Crippen MR) is 132 cm³/mol. The molecule has 4 aliphatic rings. The molecular weight excluding hydrogens is 426 g/mol. The van der Waals surface area contributed by atoms with Crippen LogP contribution in [0.2, 0.25) is 0 Å². The molecule has 0 bridgehead atoms. The summed E-state index contributed by atoms with van der Waals surface area (Å²) in [6.07, 6.45) is 14.5. The summed E-state index contributed by atoms with van der Waals surface area (Å²) in [5.41, 5.74) is 3.19. The molecule has 1 heterocycles. The lowest BCUT2D eigenvalue weighted by atomic mass is 9.46. The van der Waals surface area contributed by atoms with Gasteiger partial charge >= 0.3 is 0 Å². The SMILES string of the molecule is C[C@]12CCC(=NOCC(=O)NCc3cccnc3)C=C1CC[C@H]1[C@@H]2CC[C@]2(C)[C@H]1CC[C@]2(C)O. The lowest BCUT2D eigenvalue weighted by Gasteiger charge is -2.59. The average Bonchev–Trinajstić information content (AvgIpc) is 3.07. The summed E-state index contributed by atoms with van der Waals surface area (Å²) in [7, 11) is 0.